The van der Waals surface area contributed by atoms with Gasteiger partial charge >= 0.3 is 17.9 Å². The van der Waals surface area contributed by atoms with Gasteiger partial charge in [-0.15, -0.1) is 0 Å². The Kier molecular flexibility index (Phi) is 4.08. The lowest BCUT2D eigenvalue weighted by molar-refractivity contribution is 0.0680. The molecule has 0 radical (unpaired) electrons. The monoisotopic (exact) mass is 302 g/mol. The van der Waals surface area contributed by atoms with E-state index in [1.165, 1.54) is 42.5 Å². The smallest absolute Gasteiger partial charge is 0.339 e. The van der Waals surface area contributed by atoms with Crippen molar-refractivity contribution in [2.45, 2.75) is 0 Å². The van der Waals surface area contributed by atoms with Crippen LogP contribution in [0.4, 0.5) is 0 Å². The largest absolute Gasteiger partial charge is 0.478 e. The molecular formula is C15H10O7. The third-order valence-electron chi connectivity index (χ3n) is 2.80. The van der Waals surface area contributed by atoms with Crippen LogP contribution in [-0.4, -0.2) is 33.2 Å². The fraction of sp³-hybridized carbons (Fsp3) is 0. The molecule has 2 rings (SSSR count). The highest BCUT2D eigenvalue weighted by atomic mass is 16.5. The fourth-order valence-corrected chi connectivity index (χ4v) is 1.77. The Morgan fingerprint density at radius 2 is 1.23 bits per heavy atom. The topological polar surface area (TPSA) is 121 Å². The van der Waals surface area contributed by atoms with Crippen molar-refractivity contribution in [3.63, 3.8) is 0 Å². The van der Waals surface area contributed by atoms with Crippen LogP contribution in [0.1, 0.15) is 31.1 Å². The normalized spacial score (nSPS) is 10.0. The van der Waals surface area contributed by atoms with E-state index in [1.807, 2.05) is 0 Å². The van der Waals surface area contributed by atoms with Gasteiger partial charge in [0, 0.05) is 0 Å². The number of ether oxygens (including phenoxy) is 1. The summed E-state index contributed by atoms with van der Waals surface area (Å²) in [6, 6.07) is 8.89. The summed E-state index contributed by atoms with van der Waals surface area (Å²) in [5.41, 5.74) is -0.582. The van der Waals surface area contributed by atoms with E-state index in [4.69, 9.17) is 20.1 Å². The van der Waals surface area contributed by atoms with Crippen molar-refractivity contribution in [3.05, 3.63) is 59.2 Å². The molecule has 0 aliphatic heterocycles. The number of carboxylic acid groups (broad SMARTS) is 3. The highest BCUT2D eigenvalue weighted by molar-refractivity contribution is 5.99. The van der Waals surface area contributed by atoms with Gasteiger partial charge in [0.1, 0.15) is 16.9 Å². The quantitative estimate of drug-likeness (QED) is 0.776. The van der Waals surface area contributed by atoms with Crippen LogP contribution in [0.3, 0.4) is 0 Å². The zero-order chi connectivity index (χ0) is 16.3. The first kappa shape index (κ1) is 15.0. The number of hydrogen-bond donors (Lipinski definition) is 3. The van der Waals surface area contributed by atoms with Gasteiger partial charge in [0.25, 0.3) is 0 Å². The molecule has 0 bridgehead atoms. The third kappa shape index (κ3) is 3.04. The lowest BCUT2D eigenvalue weighted by Gasteiger charge is -2.11. The number of carbonyl (C=O) groups is 3. The van der Waals surface area contributed by atoms with Crippen LogP contribution in [0.5, 0.6) is 11.5 Å². The molecule has 0 aromatic heterocycles. The van der Waals surface area contributed by atoms with Crippen molar-refractivity contribution in [2.24, 2.45) is 0 Å². The summed E-state index contributed by atoms with van der Waals surface area (Å²) in [6.07, 6.45) is 0. The molecule has 7 nitrogen and oxygen atoms in total. The maximum absolute atomic E-state index is 11.2. The van der Waals surface area contributed by atoms with Gasteiger partial charge in [-0.2, -0.15) is 0 Å². The summed E-state index contributed by atoms with van der Waals surface area (Å²) in [6.45, 7) is 0. The van der Waals surface area contributed by atoms with Gasteiger partial charge in [-0.1, -0.05) is 6.07 Å². The van der Waals surface area contributed by atoms with E-state index in [0.717, 1.165) is 0 Å². The van der Waals surface area contributed by atoms with Crippen LogP contribution in [0.25, 0.3) is 0 Å². The molecule has 0 spiro atoms. The minimum Gasteiger partial charge on any atom is -0.478 e. The molecule has 0 saturated heterocycles. The van der Waals surface area contributed by atoms with Crippen LogP contribution in [-0.2, 0) is 0 Å². The average molecular weight is 302 g/mol. The zero-order valence-electron chi connectivity index (χ0n) is 11.0. The lowest BCUT2D eigenvalue weighted by atomic mass is 10.1. The molecule has 22 heavy (non-hydrogen) atoms. The van der Waals surface area contributed by atoms with E-state index in [9.17, 15) is 14.4 Å². The molecule has 0 heterocycles. The number of benzene rings is 2. The van der Waals surface area contributed by atoms with Crippen LogP contribution in [0, 0.1) is 0 Å². The Bertz CT molecular complexity index is 715. The van der Waals surface area contributed by atoms with Crippen LogP contribution in [0.2, 0.25) is 0 Å². The van der Waals surface area contributed by atoms with Crippen LogP contribution in [0.15, 0.2) is 42.5 Å². The number of hydrogen-bond acceptors (Lipinski definition) is 4. The van der Waals surface area contributed by atoms with Crippen molar-refractivity contribution >= 4 is 17.9 Å². The Balaban J connectivity index is 2.45. The number of carboxylic acids is 3. The summed E-state index contributed by atoms with van der Waals surface area (Å²) in [5, 5.41) is 27.0. The van der Waals surface area contributed by atoms with Gasteiger partial charge in [0.2, 0.25) is 0 Å². The Hall–Kier alpha value is -3.35. The predicted octanol–water partition coefficient (Wildman–Crippen LogP) is 2.57. The molecule has 7 heteroatoms. The van der Waals surface area contributed by atoms with Gasteiger partial charge in [-0.05, 0) is 36.4 Å². The predicted molar refractivity (Wildman–Crippen MR) is 73.8 cm³/mol. The highest BCUT2D eigenvalue weighted by Gasteiger charge is 2.20. The van der Waals surface area contributed by atoms with Gasteiger partial charge in [-0.3, -0.25) is 0 Å². The first-order valence-electron chi connectivity index (χ1n) is 6.01. The van der Waals surface area contributed by atoms with E-state index in [0.29, 0.717) is 0 Å². The van der Waals surface area contributed by atoms with Crippen LogP contribution >= 0.6 is 0 Å². The molecule has 0 aliphatic rings. The van der Waals surface area contributed by atoms with Crippen molar-refractivity contribution in [3.8, 4) is 11.5 Å². The maximum atomic E-state index is 11.2. The molecule has 0 fully saturated rings. The Morgan fingerprint density at radius 3 is 1.64 bits per heavy atom. The maximum Gasteiger partial charge on any atom is 0.339 e. The van der Waals surface area contributed by atoms with E-state index in [-0.39, 0.29) is 28.2 Å². The lowest BCUT2D eigenvalue weighted by Crippen LogP contribution is -2.07. The van der Waals surface area contributed by atoms with Crippen molar-refractivity contribution < 1.29 is 34.4 Å². The van der Waals surface area contributed by atoms with E-state index in [2.05, 4.69) is 0 Å². The molecule has 2 aromatic rings. The molecule has 0 saturated carbocycles. The fourth-order valence-electron chi connectivity index (χ4n) is 1.77. The third-order valence-corrected chi connectivity index (χ3v) is 2.80. The summed E-state index contributed by atoms with van der Waals surface area (Å²) in [4.78, 5) is 33.1. The van der Waals surface area contributed by atoms with E-state index in [1.54, 1.807) is 0 Å². The second kappa shape index (κ2) is 5.96. The summed E-state index contributed by atoms with van der Waals surface area (Å²) in [5.74, 6) is -3.98. The molecule has 0 unspecified atom stereocenters. The second-order valence-corrected chi connectivity index (χ2v) is 4.22. The second-order valence-electron chi connectivity index (χ2n) is 4.22. The number of aromatic carboxylic acids is 3. The zero-order valence-corrected chi connectivity index (χ0v) is 11.0. The minimum absolute atomic E-state index is 0.0253. The standard InChI is InChI=1S/C15H10O7/c16-13(17)8-4-6-9(7-5-8)22-12-10(14(18)19)2-1-3-11(12)15(20)21/h1-7H,(H,16,17)(H,18,19)(H,20,21). The molecule has 0 aliphatic carbocycles. The molecule has 0 amide bonds. The first-order valence-corrected chi connectivity index (χ1v) is 6.01. The molecule has 3 N–H and O–H groups in total. The number of para-hydroxylation sites is 1. The summed E-state index contributed by atoms with van der Waals surface area (Å²) in [7, 11) is 0. The number of rotatable bonds is 5. The molecular weight excluding hydrogens is 292 g/mol. The summed E-state index contributed by atoms with van der Waals surface area (Å²) < 4.78 is 5.34. The molecule has 0 atom stereocenters. The SMILES string of the molecule is O=C(O)c1ccc(Oc2c(C(=O)O)cccc2C(=O)O)cc1. The molecule has 2 aromatic carbocycles. The van der Waals surface area contributed by atoms with Gasteiger partial charge in [-0.25, -0.2) is 14.4 Å². The Labute approximate surface area is 124 Å². The van der Waals surface area contributed by atoms with Crippen molar-refractivity contribution in [1.82, 2.24) is 0 Å². The minimum atomic E-state index is -1.33. The van der Waals surface area contributed by atoms with E-state index >= 15 is 0 Å². The highest BCUT2D eigenvalue weighted by Crippen LogP contribution is 2.30. The average Bonchev–Trinajstić information content (AvgIpc) is 2.47. The summed E-state index contributed by atoms with van der Waals surface area (Å²) >= 11 is 0. The van der Waals surface area contributed by atoms with Crippen molar-refractivity contribution in [1.29, 1.82) is 0 Å². The van der Waals surface area contributed by atoms with E-state index < -0.39 is 17.9 Å². The van der Waals surface area contributed by atoms with Gasteiger partial charge < -0.3 is 20.1 Å². The van der Waals surface area contributed by atoms with Crippen molar-refractivity contribution in [2.75, 3.05) is 0 Å². The first-order chi connectivity index (χ1) is 10.4. The van der Waals surface area contributed by atoms with Crippen LogP contribution < -0.4 is 4.74 Å². The van der Waals surface area contributed by atoms with Gasteiger partial charge in [0.05, 0.1) is 5.56 Å². The Morgan fingerprint density at radius 1 is 0.727 bits per heavy atom. The molecule has 112 valence electrons. The van der Waals surface area contributed by atoms with Gasteiger partial charge in [0.15, 0.2) is 5.75 Å².